The maximum Gasteiger partial charge on any atom is 0.300 e. The van der Waals surface area contributed by atoms with Gasteiger partial charge in [-0.3, -0.25) is 14.5 Å². The zero-order chi connectivity index (χ0) is 23.9. The third kappa shape index (κ3) is 3.85. The number of halogens is 1. The molecule has 0 spiro atoms. The number of hydrogen-bond acceptors (Lipinski definition) is 6. The van der Waals surface area contributed by atoms with Crippen molar-refractivity contribution in [1.29, 1.82) is 0 Å². The first-order valence-electron chi connectivity index (χ1n) is 10.1. The summed E-state index contributed by atoms with van der Waals surface area (Å²) in [4.78, 5) is 27.7. The number of aliphatic hydroxyl groups is 1. The predicted molar refractivity (Wildman–Crippen MR) is 124 cm³/mol. The normalized spacial score (nSPS) is 17.5. The van der Waals surface area contributed by atoms with Crippen molar-refractivity contribution in [1.82, 2.24) is 0 Å². The van der Waals surface area contributed by atoms with E-state index in [1.807, 2.05) is 6.92 Å². The Kier molecular flexibility index (Phi) is 5.91. The van der Waals surface area contributed by atoms with Crippen LogP contribution in [0.25, 0.3) is 5.76 Å². The van der Waals surface area contributed by atoms with Crippen LogP contribution in [0, 0.1) is 13.8 Å². The molecule has 2 aromatic carbocycles. The summed E-state index contributed by atoms with van der Waals surface area (Å²) in [5.74, 6) is -0.382. The molecule has 1 aliphatic heterocycles. The summed E-state index contributed by atoms with van der Waals surface area (Å²) in [7, 11) is 2.93. The van der Waals surface area contributed by atoms with Crippen molar-refractivity contribution >= 4 is 34.7 Å². The average molecular weight is 468 g/mol. The highest BCUT2D eigenvalue weighted by Gasteiger charge is 2.48. The lowest BCUT2D eigenvalue weighted by Crippen LogP contribution is -2.29. The quantitative estimate of drug-likeness (QED) is 0.315. The number of Topliss-reactive ketones (excluding diaryl/α,β-unsaturated/α-hetero) is 1. The van der Waals surface area contributed by atoms with Crippen LogP contribution in [0.5, 0.6) is 11.5 Å². The molecule has 0 aliphatic carbocycles. The monoisotopic (exact) mass is 467 g/mol. The largest absolute Gasteiger partial charge is 0.507 e. The van der Waals surface area contributed by atoms with Gasteiger partial charge in [0.25, 0.3) is 11.7 Å². The minimum atomic E-state index is -1.01. The Labute approximate surface area is 195 Å². The fourth-order valence-corrected chi connectivity index (χ4v) is 4.02. The Balaban J connectivity index is 1.98. The lowest BCUT2D eigenvalue weighted by Gasteiger charge is -2.24. The van der Waals surface area contributed by atoms with E-state index in [4.69, 9.17) is 25.5 Å². The lowest BCUT2D eigenvalue weighted by molar-refractivity contribution is -0.132. The van der Waals surface area contributed by atoms with E-state index in [1.54, 1.807) is 49.4 Å². The molecule has 7 nitrogen and oxygen atoms in total. The number of carbonyl (C=O) groups is 2. The van der Waals surface area contributed by atoms with Gasteiger partial charge in [0.1, 0.15) is 34.8 Å². The highest BCUT2D eigenvalue weighted by atomic mass is 35.5. The summed E-state index contributed by atoms with van der Waals surface area (Å²) < 4.78 is 16.4. The molecule has 1 N–H and O–H groups in total. The highest BCUT2D eigenvalue weighted by molar-refractivity contribution is 6.51. The van der Waals surface area contributed by atoms with E-state index in [1.165, 1.54) is 25.2 Å². The molecule has 1 aliphatic rings. The van der Waals surface area contributed by atoms with Gasteiger partial charge in [-0.25, -0.2) is 0 Å². The second-order valence-corrected chi connectivity index (χ2v) is 8.02. The number of anilines is 1. The standard InChI is InChI=1S/C25H22ClNO6/c1-13-5-7-15(11-18(13)26)27-22(20-9-6-14(2)33-20)21(24(29)25(27)30)23(28)17-12-16(31-3)8-10-19(17)32-4/h5-12,22,28H,1-4H3/b23-21-. The van der Waals surface area contributed by atoms with Crippen molar-refractivity contribution < 1.29 is 28.6 Å². The number of carbonyl (C=O) groups excluding carboxylic acids is 2. The summed E-state index contributed by atoms with van der Waals surface area (Å²) in [6.45, 7) is 3.59. The van der Waals surface area contributed by atoms with Gasteiger partial charge in [0.2, 0.25) is 0 Å². The molecule has 0 bridgehead atoms. The summed E-state index contributed by atoms with van der Waals surface area (Å²) >= 11 is 6.30. The van der Waals surface area contributed by atoms with Gasteiger partial charge in [0.15, 0.2) is 0 Å². The Morgan fingerprint density at radius 3 is 2.39 bits per heavy atom. The minimum Gasteiger partial charge on any atom is -0.507 e. The number of amides is 1. The number of hydrogen-bond donors (Lipinski definition) is 1. The number of ether oxygens (including phenoxy) is 2. The molecular formula is C25H22ClNO6. The van der Waals surface area contributed by atoms with Crippen molar-refractivity contribution in [3.8, 4) is 11.5 Å². The first-order chi connectivity index (χ1) is 15.8. The van der Waals surface area contributed by atoms with Crippen LogP contribution in [0.2, 0.25) is 5.02 Å². The Hall–Kier alpha value is -3.71. The summed E-state index contributed by atoms with van der Waals surface area (Å²) in [6.07, 6.45) is 0. The summed E-state index contributed by atoms with van der Waals surface area (Å²) in [5.41, 5.74) is 1.31. The SMILES string of the molecule is COc1ccc(OC)c(/C(O)=C2/C(=O)C(=O)N(c3ccc(C)c(Cl)c3)C2c2ccc(C)o2)c1. The molecule has 1 amide bonds. The number of ketones is 1. The molecule has 0 saturated carbocycles. The van der Waals surface area contributed by atoms with Gasteiger partial charge in [0, 0.05) is 10.7 Å². The molecular weight excluding hydrogens is 446 g/mol. The van der Waals surface area contributed by atoms with Crippen LogP contribution in [0.1, 0.15) is 28.7 Å². The molecule has 2 heterocycles. The van der Waals surface area contributed by atoms with Crippen LogP contribution in [0.3, 0.4) is 0 Å². The molecule has 0 radical (unpaired) electrons. The second-order valence-electron chi connectivity index (χ2n) is 7.62. The summed E-state index contributed by atoms with van der Waals surface area (Å²) in [6, 6.07) is 12.3. The highest BCUT2D eigenvalue weighted by Crippen LogP contribution is 2.44. The van der Waals surface area contributed by atoms with Crippen molar-refractivity contribution in [3.05, 3.63) is 81.8 Å². The van der Waals surface area contributed by atoms with Crippen LogP contribution in [0.15, 0.2) is 58.5 Å². The molecule has 3 aromatic rings. The fourth-order valence-electron chi connectivity index (χ4n) is 3.84. The van der Waals surface area contributed by atoms with Crippen molar-refractivity contribution in [3.63, 3.8) is 0 Å². The van der Waals surface area contributed by atoms with Crippen LogP contribution >= 0.6 is 11.6 Å². The van der Waals surface area contributed by atoms with Gasteiger partial charge in [-0.15, -0.1) is 0 Å². The first-order valence-corrected chi connectivity index (χ1v) is 10.5. The maximum atomic E-state index is 13.2. The van der Waals surface area contributed by atoms with Gasteiger partial charge >= 0.3 is 0 Å². The molecule has 8 heteroatoms. The molecule has 170 valence electrons. The third-order valence-electron chi connectivity index (χ3n) is 5.57. The van der Waals surface area contributed by atoms with Crippen molar-refractivity contribution in [2.24, 2.45) is 0 Å². The Bertz CT molecular complexity index is 1290. The summed E-state index contributed by atoms with van der Waals surface area (Å²) in [5, 5.41) is 11.8. The lowest BCUT2D eigenvalue weighted by atomic mass is 9.98. The van der Waals surface area contributed by atoms with E-state index < -0.39 is 23.5 Å². The fraction of sp³-hybridized carbons (Fsp3) is 0.200. The molecule has 1 unspecified atom stereocenters. The van der Waals surface area contributed by atoms with Crippen molar-refractivity contribution in [2.45, 2.75) is 19.9 Å². The van der Waals surface area contributed by atoms with Crippen LogP contribution in [0.4, 0.5) is 5.69 Å². The topological polar surface area (TPSA) is 89.2 Å². The third-order valence-corrected chi connectivity index (χ3v) is 5.98. The van der Waals surface area contributed by atoms with Crippen molar-refractivity contribution in [2.75, 3.05) is 19.1 Å². The average Bonchev–Trinajstić information content (AvgIpc) is 3.35. The molecule has 1 fully saturated rings. The second kappa shape index (κ2) is 8.67. The van der Waals surface area contributed by atoms with E-state index in [2.05, 4.69) is 0 Å². The zero-order valence-corrected chi connectivity index (χ0v) is 19.3. The number of benzene rings is 2. The number of nitrogens with zero attached hydrogens (tertiary/aromatic N) is 1. The predicted octanol–water partition coefficient (Wildman–Crippen LogP) is 5.19. The van der Waals surface area contributed by atoms with Gasteiger partial charge in [0.05, 0.1) is 25.4 Å². The number of furan rings is 1. The van der Waals surface area contributed by atoms with Gasteiger partial charge in [-0.2, -0.15) is 0 Å². The first kappa shape index (κ1) is 22.5. The number of aryl methyl sites for hydroxylation is 2. The van der Waals surface area contributed by atoms with Gasteiger partial charge < -0.3 is 19.0 Å². The van der Waals surface area contributed by atoms with E-state index in [-0.39, 0.29) is 11.1 Å². The Morgan fingerprint density at radius 2 is 1.79 bits per heavy atom. The Morgan fingerprint density at radius 1 is 1.03 bits per heavy atom. The van der Waals surface area contributed by atoms with Gasteiger partial charge in [-0.1, -0.05) is 17.7 Å². The molecule has 4 rings (SSSR count). The maximum absolute atomic E-state index is 13.2. The van der Waals surface area contributed by atoms with E-state index in [9.17, 15) is 14.7 Å². The smallest absolute Gasteiger partial charge is 0.300 e. The van der Waals surface area contributed by atoms with Crippen LogP contribution < -0.4 is 14.4 Å². The number of rotatable bonds is 5. The van der Waals surface area contributed by atoms with Crippen LogP contribution in [-0.4, -0.2) is 31.0 Å². The number of aliphatic hydroxyl groups excluding tert-OH is 1. The van der Waals surface area contributed by atoms with E-state index in [0.29, 0.717) is 33.7 Å². The molecule has 1 saturated heterocycles. The molecule has 33 heavy (non-hydrogen) atoms. The number of methoxy groups -OCH3 is 2. The van der Waals surface area contributed by atoms with E-state index in [0.717, 1.165) is 5.56 Å². The zero-order valence-electron chi connectivity index (χ0n) is 18.5. The van der Waals surface area contributed by atoms with Crippen LogP contribution in [-0.2, 0) is 9.59 Å². The molecule has 1 atom stereocenters. The van der Waals surface area contributed by atoms with Gasteiger partial charge in [-0.05, 0) is 61.9 Å². The molecule has 1 aromatic heterocycles. The van der Waals surface area contributed by atoms with E-state index >= 15 is 0 Å². The minimum absolute atomic E-state index is 0.127.